The summed E-state index contributed by atoms with van der Waals surface area (Å²) in [6, 6.07) is 4.35. The van der Waals surface area contributed by atoms with Crippen LogP contribution in [0, 0.1) is 5.82 Å². The van der Waals surface area contributed by atoms with E-state index in [4.69, 9.17) is 11.6 Å². The molecule has 0 unspecified atom stereocenters. The van der Waals surface area contributed by atoms with Gasteiger partial charge in [-0.1, -0.05) is 11.6 Å². The van der Waals surface area contributed by atoms with Crippen LogP contribution in [0.4, 0.5) is 4.39 Å². The molecule has 5 heteroatoms. The second kappa shape index (κ2) is 5.29. The van der Waals surface area contributed by atoms with Gasteiger partial charge in [0.05, 0.1) is 6.54 Å². The van der Waals surface area contributed by atoms with Crippen LogP contribution in [0.15, 0.2) is 30.6 Å². The van der Waals surface area contributed by atoms with E-state index in [-0.39, 0.29) is 5.82 Å². The fourth-order valence-electron chi connectivity index (χ4n) is 1.55. The second-order valence-electron chi connectivity index (χ2n) is 3.79. The minimum atomic E-state index is -0.275. The van der Waals surface area contributed by atoms with Gasteiger partial charge < -0.3 is 9.88 Å². The van der Waals surface area contributed by atoms with E-state index in [1.54, 1.807) is 12.3 Å². The zero-order chi connectivity index (χ0) is 12.3. The van der Waals surface area contributed by atoms with Crippen molar-refractivity contribution in [3.05, 3.63) is 52.8 Å². The highest BCUT2D eigenvalue weighted by molar-refractivity contribution is 6.31. The average Bonchev–Trinajstić information content (AvgIpc) is 2.70. The summed E-state index contributed by atoms with van der Waals surface area (Å²) in [7, 11) is 1.93. The predicted octanol–water partition coefficient (Wildman–Crippen LogP) is 2.50. The minimum Gasteiger partial charge on any atom is -0.337 e. The fraction of sp³-hybridized carbons (Fsp3) is 0.250. The Bertz CT molecular complexity index is 510. The molecule has 0 amide bonds. The van der Waals surface area contributed by atoms with Crippen molar-refractivity contribution in [3.63, 3.8) is 0 Å². The number of aryl methyl sites for hydroxylation is 1. The Morgan fingerprint density at radius 2 is 2.24 bits per heavy atom. The largest absolute Gasteiger partial charge is 0.337 e. The first-order valence-corrected chi connectivity index (χ1v) is 5.65. The topological polar surface area (TPSA) is 29.9 Å². The lowest BCUT2D eigenvalue weighted by Crippen LogP contribution is -2.16. The molecule has 1 aromatic carbocycles. The third kappa shape index (κ3) is 3.05. The number of hydrogen-bond donors (Lipinski definition) is 1. The number of imidazole rings is 1. The van der Waals surface area contributed by atoms with Crippen LogP contribution < -0.4 is 5.32 Å². The van der Waals surface area contributed by atoms with E-state index in [9.17, 15) is 4.39 Å². The van der Waals surface area contributed by atoms with E-state index >= 15 is 0 Å². The molecule has 3 nitrogen and oxygen atoms in total. The molecule has 2 aromatic rings. The number of nitrogens with one attached hydrogen (secondary N) is 1. The molecule has 0 saturated carbocycles. The van der Waals surface area contributed by atoms with E-state index < -0.39 is 0 Å². The number of hydrogen-bond acceptors (Lipinski definition) is 2. The Balaban J connectivity index is 1.94. The smallest absolute Gasteiger partial charge is 0.123 e. The van der Waals surface area contributed by atoms with Crippen molar-refractivity contribution >= 4 is 11.6 Å². The van der Waals surface area contributed by atoms with Crippen molar-refractivity contribution in [2.24, 2.45) is 7.05 Å². The Morgan fingerprint density at radius 3 is 2.94 bits per heavy atom. The molecule has 0 saturated heterocycles. The highest BCUT2D eigenvalue weighted by atomic mass is 35.5. The molecule has 0 aliphatic heterocycles. The lowest BCUT2D eigenvalue weighted by atomic mass is 10.2. The third-order valence-corrected chi connectivity index (χ3v) is 2.90. The van der Waals surface area contributed by atoms with Crippen molar-refractivity contribution in [2.45, 2.75) is 13.1 Å². The molecule has 1 N–H and O–H groups in total. The number of halogens is 2. The first kappa shape index (κ1) is 12.1. The summed E-state index contributed by atoms with van der Waals surface area (Å²) in [6.45, 7) is 1.14. The van der Waals surface area contributed by atoms with Gasteiger partial charge in [-0.05, 0) is 23.8 Å². The molecular weight excluding hydrogens is 241 g/mol. The van der Waals surface area contributed by atoms with Crippen LogP contribution in [0.25, 0.3) is 0 Å². The zero-order valence-electron chi connectivity index (χ0n) is 9.45. The molecule has 17 heavy (non-hydrogen) atoms. The molecule has 0 fully saturated rings. The highest BCUT2D eigenvalue weighted by Crippen LogP contribution is 2.16. The van der Waals surface area contributed by atoms with Gasteiger partial charge in [-0.25, -0.2) is 9.37 Å². The molecule has 1 heterocycles. The summed E-state index contributed by atoms with van der Waals surface area (Å²) in [5.74, 6) is 0.653. The monoisotopic (exact) mass is 253 g/mol. The zero-order valence-corrected chi connectivity index (χ0v) is 10.2. The summed E-state index contributed by atoms with van der Waals surface area (Å²) in [6.07, 6.45) is 3.62. The molecular formula is C12H13ClFN3. The normalized spacial score (nSPS) is 10.8. The van der Waals surface area contributed by atoms with Crippen molar-refractivity contribution in [1.29, 1.82) is 0 Å². The van der Waals surface area contributed by atoms with E-state index in [1.165, 1.54) is 12.1 Å². The van der Waals surface area contributed by atoms with Crippen LogP contribution in [0.1, 0.15) is 11.4 Å². The number of benzene rings is 1. The first-order chi connectivity index (χ1) is 8.16. The fourth-order valence-corrected chi connectivity index (χ4v) is 1.74. The Hall–Kier alpha value is -1.39. The van der Waals surface area contributed by atoms with E-state index in [0.29, 0.717) is 18.1 Å². The quantitative estimate of drug-likeness (QED) is 0.907. The Morgan fingerprint density at radius 1 is 1.41 bits per heavy atom. The highest BCUT2D eigenvalue weighted by Gasteiger charge is 2.03. The Labute approximate surface area is 104 Å². The van der Waals surface area contributed by atoms with Gasteiger partial charge in [0.25, 0.3) is 0 Å². The minimum absolute atomic E-state index is 0.275. The van der Waals surface area contributed by atoms with E-state index in [0.717, 1.165) is 11.4 Å². The van der Waals surface area contributed by atoms with Crippen LogP contribution >= 0.6 is 11.6 Å². The first-order valence-electron chi connectivity index (χ1n) is 5.27. The van der Waals surface area contributed by atoms with Gasteiger partial charge in [-0.2, -0.15) is 0 Å². The van der Waals surface area contributed by atoms with Crippen molar-refractivity contribution in [2.75, 3.05) is 0 Å². The van der Waals surface area contributed by atoms with Crippen LogP contribution in [0.5, 0.6) is 0 Å². The van der Waals surface area contributed by atoms with Gasteiger partial charge in [0.1, 0.15) is 11.6 Å². The van der Waals surface area contributed by atoms with Crippen LogP contribution in [-0.4, -0.2) is 9.55 Å². The SMILES string of the molecule is Cn1ccnc1CNCc1cc(F)ccc1Cl. The number of rotatable bonds is 4. The molecule has 0 atom stereocenters. The lowest BCUT2D eigenvalue weighted by Gasteiger charge is -2.07. The molecule has 2 rings (SSSR count). The standard InChI is InChI=1S/C12H13ClFN3/c1-17-5-4-16-12(17)8-15-7-9-6-10(14)2-3-11(9)13/h2-6,15H,7-8H2,1H3. The maximum atomic E-state index is 13.0. The maximum absolute atomic E-state index is 13.0. The average molecular weight is 254 g/mol. The number of nitrogens with zero attached hydrogens (tertiary/aromatic N) is 2. The summed E-state index contributed by atoms with van der Waals surface area (Å²) < 4.78 is 14.9. The summed E-state index contributed by atoms with van der Waals surface area (Å²) >= 11 is 5.96. The molecule has 0 radical (unpaired) electrons. The van der Waals surface area contributed by atoms with Crippen LogP contribution in [-0.2, 0) is 20.1 Å². The number of aromatic nitrogens is 2. The summed E-state index contributed by atoms with van der Waals surface area (Å²) in [4.78, 5) is 4.18. The van der Waals surface area contributed by atoms with Crippen molar-refractivity contribution < 1.29 is 4.39 Å². The van der Waals surface area contributed by atoms with Gasteiger partial charge in [-0.15, -0.1) is 0 Å². The Kier molecular flexibility index (Phi) is 3.76. The molecule has 0 aliphatic carbocycles. The van der Waals surface area contributed by atoms with Crippen LogP contribution in [0.2, 0.25) is 5.02 Å². The lowest BCUT2D eigenvalue weighted by molar-refractivity contribution is 0.613. The maximum Gasteiger partial charge on any atom is 0.123 e. The molecule has 0 bridgehead atoms. The van der Waals surface area contributed by atoms with Crippen molar-refractivity contribution in [3.8, 4) is 0 Å². The van der Waals surface area contributed by atoms with Crippen LogP contribution in [0.3, 0.4) is 0 Å². The van der Waals surface area contributed by atoms with Gasteiger partial charge >= 0.3 is 0 Å². The summed E-state index contributed by atoms with van der Waals surface area (Å²) in [5.41, 5.74) is 0.751. The molecule has 0 aliphatic rings. The molecule has 90 valence electrons. The van der Waals surface area contributed by atoms with Gasteiger partial charge in [0.15, 0.2) is 0 Å². The third-order valence-electron chi connectivity index (χ3n) is 2.53. The molecule has 0 spiro atoms. The summed E-state index contributed by atoms with van der Waals surface area (Å²) in [5, 5.41) is 3.75. The second-order valence-corrected chi connectivity index (χ2v) is 4.20. The van der Waals surface area contributed by atoms with E-state index in [1.807, 2.05) is 17.8 Å². The van der Waals surface area contributed by atoms with Crippen molar-refractivity contribution in [1.82, 2.24) is 14.9 Å². The van der Waals surface area contributed by atoms with Gasteiger partial charge in [0, 0.05) is 31.0 Å². The predicted molar refractivity (Wildman–Crippen MR) is 65.2 cm³/mol. The van der Waals surface area contributed by atoms with Gasteiger partial charge in [-0.3, -0.25) is 0 Å². The van der Waals surface area contributed by atoms with Gasteiger partial charge in [0.2, 0.25) is 0 Å². The van der Waals surface area contributed by atoms with E-state index in [2.05, 4.69) is 10.3 Å². The molecule has 1 aromatic heterocycles.